The van der Waals surface area contributed by atoms with Crippen LogP contribution in [-0.4, -0.2) is 49.9 Å². The molecular weight excluding hydrogens is 1130 g/mol. The number of H-pyrrole nitrogens is 1. The molecule has 6 aromatic carbocycles. The van der Waals surface area contributed by atoms with Crippen molar-refractivity contribution < 1.29 is 27.1 Å². The standard InChI is InChI=1S/C16H16N2O2.C13H16FN.C13H17N.C13H16.C11H12O3S.C10H12N2/c1-10(2)11-7-8-12-15(9-11)20-14-6-4-3-5-13(14)18(17)16(12)19;1-8(2)10-6-12(14)11-5-9(3)15(4)13(11)7-10;1-9(2)11-5-6-13-12(8-11)7-10(3)14(13)4;1-9(2)11-4-5-12-6-10(3)7-13(12)8-11;1-7(2)8-3-4-11-9(5-8)10(12)6-15(11,13)14;1-7(2)8-5-10-9(12-6-8)3-4-11-10/h3-10H,17H2,1-2H3;6-8H,3,5H2,1-2,4H3;5-6,8-9H,3,7H2,1-2,4H3;4-5,8-9H,3,6-7H2,1-2H3;3-5,7H,6H2,1-2H3;3-7,11H,1-2H3. The number of anilines is 3. The number of aromatic amines is 1. The molecule has 466 valence electrons. The number of benzene rings is 6. The first-order valence-electron chi connectivity index (χ1n) is 30.9. The number of amides is 1. The van der Waals surface area contributed by atoms with Crippen LogP contribution in [0.3, 0.4) is 0 Å². The summed E-state index contributed by atoms with van der Waals surface area (Å²) in [6, 6.07) is 39.4. The number of para-hydroxylation sites is 2. The van der Waals surface area contributed by atoms with Crippen molar-refractivity contribution in [2.45, 2.75) is 149 Å². The Kier molecular flexibility index (Phi) is 20.9. The fourth-order valence-corrected chi connectivity index (χ4v) is 12.5. The average Bonchev–Trinajstić information content (AvgIpc) is 2.13. The molecule has 89 heavy (non-hydrogen) atoms. The number of allylic oxidation sites excluding steroid dienone is 3. The predicted molar refractivity (Wildman–Crippen MR) is 366 cm³/mol. The molecule has 0 saturated heterocycles. The van der Waals surface area contributed by atoms with Crippen LogP contribution < -0.4 is 25.4 Å². The van der Waals surface area contributed by atoms with Crippen LogP contribution in [0.1, 0.15) is 195 Å². The van der Waals surface area contributed by atoms with E-state index in [1.54, 1.807) is 42.5 Å². The number of aromatic nitrogens is 2. The van der Waals surface area contributed by atoms with Crippen LogP contribution in [0.4, 0.5) is 21.5 Å². The largest absolute Gasteiger partial charge is 0.454 e. The first-order chi connectivity index (χ1) is 42.0. The summed E-state index contributed by atoms with van der Waals surface area (Å²) in [6.07, 6.45) is 7.69. The zero-order valence-electron chi connectivity index (χ0n) is 54.5. The van der Waals surface area contributed by atoms with Crippen LogP contribution in [0.2, 0.25) is 0 Å². The number of pyridine rings is 1. The van der Waals surface area contributed by atoms with Crippen molar-refractivity contribution in [3.05, 3.63) is 243 Å². The van der Waals surface area contributed by atoms with Crippen molar-refractivity contribution in [2.24, 2.45) is 5.84 Å². The Morgan fingerprint density at radius 1 is 0.551 bits per heavy atom. The molecule has 2 aromatic heterocycles. The molecule has 0 saturated carbocycles. The molecule has 6 heterocycles. The van der Waals surface area contributed by atoms with Crippen molar-refractivity contribution in [1.29, 1.82) is 0 Å². The Labute approximate surface area is 528 Å². The monoisotopic (exact) mass is 1220 g/mol. The lowest BCUT2D eigenvalue weighted by Crippen LogP contribution is -2.36. The summed E-state index contributed by atoms with van der Waals surface area (Å²) in [7, 11) is 0.682. The molecule has 0 unspecified atom stereocenters. The Bertz CT molecular complexity index is 4100. The number of nitrogens with two attached hydrogens (primary N) is 1. The number of hydrogen-bond donors (Lipinski definition) is 2. The number of carbonyl (C=O) groups excluding carboxylic acids is 2. The van der Waals surface area contributed by atoms with Crippen LogP contribution in [-0.2, 0) is 35.5 Å². The van der Waals surface area contributed by atoms with Crippen molar-refractivity contribution in [3.8, 4) is 11.5 Å². The molecule has 0 fully saturated rings. The van der Waals surface area contributed by atoms with Gasteiger partial charge in [0.15, 0.2) is 21.4 Å². The summed E-state index contributed by atoms with van der Waals surface area (Å²) >= 11 is 0. The van der Waals surface area contributed by atoms with Crippen LogP contribution in [0, 0.1) is 5.82 Å². The number of hydrazine groups is 1. The second-order valence-electron chi connectivity index (χ2n) is 25.7. The van der Waals surface area contributed by atoms with Gasteiger partial charge in [0.1, 0.15) is 23.0 Å². The number of sulfone groups is 1. The molecule has 0 atom stereocenters. The van der Waals surface area contributed by atoms with Gasteiger partial charge >= 0.3 is 0 Å². The summed E-state index contributed by atoms with van der Waals surface area (Å²) < 4.78 is 42.7. The Morgan fingerprint density at radius 2 is 1.11 bits per heavy atom. The lowest BCUT2D eigenvalue weighted by molar-refractivity contribution is 0.0985. The van der Waals surface area contributed by atoms with Gasteiger partial charge in [0.2, 0.25) is 0 Å². The van der Waals surface area contributed by atoms with Gasteiger partial charge in [-0.1, -0.05) is 163 Å². The van der Waals surface area contributed by atoms with E-state index >= 15 is 0 Å². The minimum absolute atomic E-state index is 0.0956. The van der Waals surface area contributed by atoms with Gasteiger partial charge in [-0.15, -0.1) is 0 Å². The second-order valence-corrected chi connectivity index (χ2v) is 27.6. The zero-order valence-corrected chi connectivity index (χ0v) is 55.3. The van der Waals surface area contributed by atoms with E-state index in [1.165, 1.54) is 50.3 Å². The van der Waals surface area contributed by atoms with E-state index in [0.717, 1.165) is 68.9 Å². The van der Waals surface area contributed by atoms with Gasteiger partial charge in [-0.3, -0.25) is 14.6 Å². The van der Waals surface area contributed by atoms with E-state index in [2.05, 4.69) is 159 Å². The van der Waals surface area contributed by atoms with Gasteiger partial charge in [-0.25, -0.2) is 23.7 Å². The van der Waals surface area contributed by atoms with Crippen molar-refractivity contribution >= 4 is 49.6 Å². The van der Waals surface area contributed by atoms with Crippen LogP contribution in [0.5, 0.6) is 11.5 Å². The number of likely N-dealkylation sites (N-methyl/N-ethyl adjacent to an activating group) is 2. The number of Topliss-reactive ketones (excluding diaryl/α,β-unsaturated/α-hetero) is 1. The van der Waals surface area contributed by atoms with Gasteiger partial charge in [0, 0.05) is 73.2 Å². The Morgan fingerprint density at radius 3 is 1.78 bits per heavy atom. The van der Waals surface area contributed by atoms with E-state index < -0.39 is 9.84 Å². The van der Waals surface area contributed by atoms with E-state index in [-0.39, 0.29) is 28.2 Å². The quantitative estimate of drug-likeness (QED) is 0.0945. The minimum Gasteiger partial charge on any atom is -0.454 e. The Balaban J connectivity index is 0.000000139. The molecule has 13 rings (SSSR count). The number of fused-ring (bicyclic) bond motifs is 7. The van der Waals surface area contributed by atoms with Crippen molar-refractivity contribution in [1.82, 2.24) is 9.97 Å². The zero-order chi connectivity index (χ0) is 64.9. The molecule has 1 amide bonds. The third-order valence-corrected chi connectivity index (χ3v) is 18.7. The predicted octanol–water partition coefficient (Wildman–Crippen LogP) is 18.1. The highest BCUT2D eigenvalue weighted by molar-refractivity contribution is 7.92. The van der Waals surface area contributed by atoms with E-state index in [1.807, 2.05) is 68.5 Å². The van der Waals surface area contributed by atoms with E-state index in [9.17, 15) is 22.4 Å². The Hall–Kier alpha value is -8.39. The van der Waals surface area contributed by atoms with Crippen LogP contribution >= 0.6 is 0 Å². The molecule has 13 heteroatoms. The summed E-state index contributed by atoms with van der Waals surface area (Å²) in [6.45, 7) is 37.7. The van der Waals surface area contributed by atoms with Gasteiger partial charge in [-0.2, -0.15) is 0 Å². The summed E-state index contributed by atoms with van der Waals surface area (Å²) in [5.41, 5.74) is 21.9. The number of nitrogens with zero attached hydrogens (tertiary/aromatic N) is 4. The average molecular weight is 1220 g/mol. The van der Waals surface area contributed by atoms with Crippen molar-refractivity contribution in [2.75, 3.05) is 34.7 Å². The SMILES string of the molecule is C=C1Cc2c(F)cc(C(C)C)cc2N1C.C=C1Cc2cc(C(C)C)ccc2N1C.C=C1Cc2ccc(C(C)C)cc2C1.CC(C)c1ccc2c(c1)C(=O)CS2(=O)=O.CC(C)c1ccc2c(c1)Oc1ccccc1N(N)C2=O.CC(C)c1cnc2cc[nH]c2c1. The van der Waals surface area contributed by atoms with Crippen LogP contribution in [0.25, 0.3) is 11.0 Å². The molecular formula is C76H89FN6O5S. The minimum atomic E-state index is -3.35. The highest BCUT2D eigenvalue weighted by Gasteiger charge is 2.34. The smallest absolute Gasteiger partial charge is 0.276 e. The molecule has 5 aliphatic rings. The number of ketones is 1. The molecule has 1 aliphatic carbocycles. The number of halogens is 1. The number of ether oxygens (including phenoxy) is 1. The lowest BCUT2D eigenvalue weighted by Gasteiger charge is -2.15. The summed E-state index contributed by atoms with van der Waals surface area (Å²) in [4.78, 5) is 35.7. The molecule has 11 nitrogen and oxygen atoms in total. The maximum absolute atomic E-state index is 13.8. The topological polar surface area (TPSA) is 142 Å². The normalized spacial score (nSPS) is 14.8. The van der Waals surface area contributed by atoms with Gasteiger partial charge < -0.3 is 19.5 Å². The first-order valence-corrected chi connectivity index (χ1v) is 32.6. The van der Waals surface area contributed by atoms with Gasteiger partial charge in [0.05, 0.1) is 21.5 Å². The fourth-order valence-electron chi connectivity index (χ4n) is 11.1. The molecule has 3 N–H and O–H groups in total. The first kappa shape index (κ1) is 66.6. The second kappa shape index (κ2) is 28.0. The van der Waals surface area contributed by atoms with E-state index in [4.69, 9.17) is 10.6 Å². The summed E-state index contributed by atoms with van der Waals surface area (Å²) in [5.74, 6) is 8.85. The molecule has 8 aromatic rings. The maximum atomic E-state index is 13.8. The third-order valence-electron chi connectivity index (χ3n) is 17.0. The third kappa shape index (κ3) is 15.4. The fraction of sp³-hybridized carbons (Fsp3) is 0.329. The molecule has 0 radical (unpaired) electrons. The summed E-state index contributed by atoms with van der Waals surface area (Å²) in [5, 5.41) is 1.14. The number of hydrogen-bond acceptors (Lipinski definition) is 9. The number of rotatable bonds is 6. The maximum Gasteiger partial charge on any atom is 0.276 e. The van der Waals surface area contributed by atoms with E-state index in [0.29, 0.717) is 70.2 Å². The number of nitrogens with one attached hydrogen (secondary N) is 1. The van der Waals surface area contributed by atoms with Crippen LogP contribution in [0.15, 0.2) is 175 Å². The highest BCUT2D eigenvalue weighted by atomic mass is 32.2. The number of carbonyl (C=O) groups is 2. The molecule has 0 spiro atoms. The van der Waals surface area contributed by atoms with Gasteiger partial charge in [0.25, 0.3) is 5.91 Å². The molecule has 4 aliphatic heterocycles. The highest BCUT2D eigenvalue weighted by Crippen LogP contribution is 2.40. The lowest BCUT2D eigenvalue weighted by atomic mass is 9.99. The van der Waals surface area contributed by atoms with Gasteiger partial charge in [-0.05, 0) is 165 Å². The van der Waals surface area contributed by atoms with Crippen molar-refractivity contribution in [3.63, 3.8) is 0 Å². The molecule has 0 bridgehead atoms.